The maximum Gasteiger partial charge on any atom is 0.0507 e. The predicted octanol–water partition coefficient (Wildman–Crippen LogP) is 1.66. The molecule has 1 saturated heterocycles. The van der Waals surface area contributed by atoms with E-state index < -0.39 is 0 Å². The van der Waals surface area contributed by atoms with Crippen molar-refractivity contribution in [1.29, 1.82) is 0 Å². The predicted molar refractivity (Wildman–Crippen MR) is 66.4 cm³/mol. The molecule has 0 spiro atoms. The first-order chi connectivity index (χ1) is 7.72. The Balaban J connectivity index is 2.10. The van der Waals surface area contributed by atoms with Crippen LogP contribution in [0.3, 0.4) is 0 Å². The van der Waals surface area contributed by atoms with Crippen LogP contribution in [0.4, 0.5) is 0 Å². The molecule has 1 fully saturated rings. The smallest absolute Gasteiger partial charge is 0.0507 e. The van der Waals surface area contributed by atoms with Crippen LogP contribution in [0.2, 0.25) is 0 Å². The van der Waals surface area contributed by atoms with Crippen LogP contribution in [0.5, 0.6) is 0 Å². The molecule has 1 rings (SSSR count). The molecule has 96 valence electrons. The van der Waals surface area contributed by atoms with Gasteiger partial charge in [-0.1, -0.05) is 13.8 Å². The van der Waals surface area contributed by atoms with Crippen molar-refractivity contribution in [1.82, 2.24) is 5.32 Å². The van der Waals surface area contributed by atoms with Crippen LogP contribution in [-0.2, 0) is 4.74 Å². The molecule has 2 atom stereocenters. The Hall–Kier alpha value is -0.120. The van der Waals surface area contributed by atoms with Crippen molar-refractivity contribution in [2.45, 2.75) is 33.1 Å². The van der Waals surface area contributed by atoms with E-state index in [-0.39, 0.29) is 0 Å². The van der Waals surface area contributed by atoms with E-state index in [4.69, 9.17) is 9.84 Å². The molecule has 0 aromatic heterocycles. The van der Waals surface area contributed by atoms with E-state index in [1.54, 1.807) is 0 Å². The van der Waals surface area contributed by atoms with Gasteiger partial charge in [-0.2, -0.15) is 0 Å². The first-order valence-electron chi connectivity index (χ1n) is 6.61. The fraction of sp³-hybridized carbons (Fsp3) is 1.00. The first-order valence-corrected chi connectivity index (χ1v) is 6.61. The second-order valence-electron chi connectivity index (χ2n) is 5.40. The van der Waals surface area contributed by atoms with E-state index in [0.29, 0.717) is 24.4 Å². The Labute approximate surface area is 99.6 Å². The molecular formula is C13H27NO2. The van der Waals surface area contributed by atoms with Gasteiger partial charge in [0.15, 0.2) is 0 Å². The van der Waals surface area contributed by atoms with Crippen LogP contribution < -0.4 is 5.32 Å². The summed E-state index contributed by atoms with van der Waals surface area (Å²) in [6.07, 6.45) is 3.32. The van der Waals surface area contributed by atoms with Gasteiger partial charge in [0.2, 0.25) is 0 Å². The number of rotatable bonds is 8. The molecule has 3 heteroatoms. The van der Waals surface area contributed by atoms with Gasteiger partial charge in [0.05, 0.1) is 6.61 Å². The highest BCUT2D eigenvalue weighted by Gasteiger charge is 2.16. The number of hydrogen-bond acceptors (Lipinski definition) is 3. The highest BCUT2D eigenvalue weighted by Crippen LogP contribution is 2.15. The normalized spacial score (nSPS) is 22.9. The summed E-state index contributed by atoms with van der Waals surface area (Å²) in [5.41, 5.74) is 0. The summed E-state index contributed by atoms with van der Waals surface area (Å²) in [5, 5.41) is 12.5. The third-order valence-corrected chi connectivity index (χ3v) is 3.23. The van der Waals surface area contributed by atoms with Crippen LogP contribution in [0.25, 0.3) is 0 Å². The average molecular weight is 229 g/mol. The Morgan fingerprint density at radius 1 is 1.44 bits per heavy atom. The average Bonchev–Trinajstić information content (AvgIpc) is 2.70. The third-order valence-electron chi connectivity index (χ3n) is 3.23. The minimum absolute atomic E-state index is 0.311. The molecule has 0 amide bonds. The molecule has 1 aliphatic rings. The van der Waals surface area contributed by atoms with Gasteiger partial charge in [0.25, 0.3) is 0 Å². The molecule has 1 aliphatic heterocycles. The van der Waals surface area contributed by atoms with Gasteiger partial charge in [-0.05, 0) is 43.6 Å². The second kappa shape index (κ2) is 8.04. The van der Waals surface area contributed by atoms with Crippen LogP contribution in [0, 0.1) is 17.8 Å². The van der Waals surface area contributed by atoms with E-state index in [1.165, 1.54) is 12.8 Å². The lowest BCUT2D eigenvalue weighted by Crippen LogP contribution is -2.29. The fourth-order valence-corrected chi connectivity index (χ4v) is 2.39. The van der Waals surface area contributed by atoms with E-state index in [1.807, 2.05) is 0 Å². The minimum Gasteiger partial charge on any atom is -0.396 e. The zero-order valence-electron chi connectivity index (χ0n) is 10.7. The highest BCUT2D eigenvalue weighted by molar-refractivity contribution is 4.69. The summed E-state index contributed by atoms with van der Waals surface area (Å²) in [6, 6.07) is 0. The molecule has 1 heterocycles. The lowest BCUT2D eigenvalue weighted by Gasteiger charge is -2.19. The molecule has 0 bridgehead atoms. The molecular weight excluding hydrogens is 202 g/mol. The number of hydrogen-bond donors (Lipinski definition) is 2. The standard InChI is InChI=1S/C13H27NO2/c1-11(2)7-12(3-5-15)8-14-9-13-4-6-16-10-13/h11-15H,3-10H2,1-2H3. The number of aliphatic hydroxyl groups is 1. The van der Waals surface area contributed by atoms with Crippen molar-refractivity contribution >= 4 is 0 Å². The second-order valence-corrected chi connectivity index (χ2v) is 5.40. The van der Waals surface area contributed by atoms with E-state index in [9.17, 15) is 0 Å². The molecule has 0 saturated carbocycles. The van der Waals surface area contributed by atoms with Crippen LogP contribution in [-0.4, -0.2) is 38.0 Å². The fourth-order valence-electron chi connectivity index (χ4n) is 2.39. The number of nitrogens with one attached hydrogen (secondary N) is 1. The third kappa shape index (κ3) is 5.83. The molecule has 0 radical (unpaired) electrons. The van der Waals surface area contributed by atoms with Gasteiger partial charge >= 0.3 is 0 Å². The van der Waals surface area contributed by atoms with Crippen LogP contribution >= 0.6 is 0 Å². The topological polar surface area (TPSA) is 41.5 Å². The summed E-state index contributed by atoms with van der Waals surface area (Å²) in [7, 11) is 0. The molecule has 0 aliphatic carbocycles. The SMILES string of the molecule is CC(C)CC(CCO)CNCC1CCOC1. The van der Waals surface area contributed by atoms with Crippen molar-refractivity contribution in [2.24, 2.45) is 17.8 Å². The minimum atomic E-state index is 0.311. The highest BCUT2D eigenvalue weighted by atomic mass is 16.5. The van der Waals surface area contributed by atoms with Crippen LogP contribution in [0.15, 0.2) is 0 Å². The zero-order valence-corrected chi connectivity index (χ0v) is 10.7. The molecule has 3 nitrogen and oxygen atoms in total. The monoisotopic (exact) mass is 229 g/mol. The van der Waals surface area contributed by atoms with Gasteiger partial charge in [0.1, 0.15) is 0 Å². The van der Waals surface area contributed by atoms with Crippen molar-refractivity contribution in [3.8, 4) is 0 Å². The van der Waals surface area contributed by atoms with E-state index in [0.717, 1.165) is 32.7 Å². The molecule has 0 aromatic rings. The van der Waals surface area contributed by atoms with Crippen LogP contribution in [0.1, 0.15) is 33.1 Å². The largest absolute Gasteiger partial charge is 0.396 e. The summed E-state index contributed by atoms with van der Waals surface area (Å²) < 4.78 is 5.35. The van der Waals surface area contributed by atoms with Gasteiger partial charge in [0, 0.05) is 19.8 Å². The Morgan fingerprint density at radius 2 is 2.25 bits per heavy atom. The Kier molecular flexibility index (Phi) is 7.01. The maximum atomic E-state index is 9.01. The number of aliphatic hydroxyl groups excluding tert-OH is 1. The van der Waals surface area contributed by atoms with Gasteiger partial charge in [-0.15, -0.1) is 0 Å². The summed E-state index contributed by atoms with van der Waals surface area (Å²) in [4.78, 5) is 0. The lowest BCUT2D eigenvalue weighted by molar-refractivity contribution is 0.184. The summed E-state index contributed by atoms with van der Waals surface area (Å²) in [5.74, 6) is 2.04. The quantitative estimate of drug-likeness (QED) is 0.665. The summed E-state index contributed by atoms with van der Waals surface area (Å²) in [6.45, 7) is 8.76. The van der Waals surface area contributed by atoms with Crippen molar-refractivity contribution in [3.05, 3.63) is 0 Å². The Bertz CT molecular complexity index is 167. The molecule has 0 aromatic carbocycles. The maximum absolute atomic E-state index is 9.01. The first kappa shape index (κ1) is 13.9. The van der Waals surface area contributed by atoms with Crippen molar-refractivity contribution < 1.29 is 9.84 Å². The Morgan fingerprint density at radius 3 is 2.81 bits per heavy atom. The van der Waals surface area contributed by atoms with Crippen molar-refractivity contribution in [3.63, 3.8) is 0 Å². The van der Waals surface area contributed by atoms with E-state index in [2.05, 4.69) is 19.2 Å². The van der Waals surface area contributed by atoms with Gasteiger partial charge < -0.3 is 15.2 Å². The van der Waals surface area contributed by atoms with Gasteiger partial charge in [-0.3, -0.25) is 0 Å². The molecule has 2 unspecified atom stereocenters. The molecule has 16 heavy (non-hydrogen) atoms. The van der Waals surface area contributed by atoms with E-state index >= 15 is 0 Å². The number of ether oxygens (including phenoxy) is 1. The lowest BCUT2D eigenvalue weighted by atomic mass is 9.94. The summed E-state index contributed by atoms with van der Waals surface area (Å²) >= 11 is 0. The molecule has 2 N–H and O–H groups in total. The van der Waals surface area contributed by atoms with Crippen molar-refractivity contribution in [2.75, 3.05) is 32.9 Å². The van der Waals surface area contributed by atoms with Gasteiger partial charge in [-0.25, -0.2) is 0 Å². The zero-order chi connectivity index (χ0) is 11.8.